The van der Waals surface area contributed by atoms with Crippen LogP contribution in [0.25, 0.3) is 28.0 Å². The summed E-state index contributed by atoms with van der Waals surface area (Å²) in [5, 5.41) is 5.84. The molecule has 1 aliphatic rings. The lowest BCUT2D eigenvalue weighted by Gasteiger charge is -2.27. The van der Waals surface area contributed by atoms with Crippen molar-refractivity contribution in [1.29, 1.82) is 0 Å². The third kappa shape index (κ3) is 3.45. The minimum atomic E-state index is -0.579. The number of para-hydroxylation sites is 1. The van der Waals surface area contributed by atoms with E-state index in [1.165, 1.54) is 0 Å². The number of halogens is 1. The van der Waals surface area contributed by atoms with Gasteiger partial charge in [-0.2, -0.15) is 0 Å². The molecule has 4 heterocycles. The highest BCUT2D eigenvalue weighted by molar-refractivity contribution is 6.33. The van der Waals surface area contributed by atoms with Gasteiger partial charge in [0.2, 0.25) is 5.88 Å². The van der Waals surface area contributed by atoms with Gasteiger partial charge >= 0.3 is 5.63 Å². The quantitative estimate of drug-likeness (QED) is 0.253. The summed E-state index contributed by atoms with van der Waals surface area (Å²) in [5.74, 6) is 1.36. The number of benzene rings is 3. The summed E-state index contributed by atoms with van der Waals surface area (Å²) in [5.41, 5.74) is 2.95. The summed E-state index contributed by atoms with van der Waals surface area (Å²) in [6, 6.07) is 22.3. The van der Waals surface area contributed by atoms with Crippen molar-refractivity contribution in [2.75, 3.05) is 6.61 Å². The Hall–Kier alpha value is -4.69. The van der Waals surface area contributed by atoms with Gasteiger partial charge in [0.15, 0.2) is 17.2 Å². The van der Waals surface area contributed by atoms with Crippen LogP contribution in [0.4, 0.5) is 0 Å². The summed E-state index contributed by atoms with van der Waals surface area (Å²) >= 11 is 6.44. The molecule has 0 amide bonds. The Morgan fingerprint density at radius 1 is 1.00 bits per heavy atom. The van der Waals surface area contributed by atoms with Crippen molar-refractivity contribution < 1.29 is 13.9 Å². The molecule has 0 radical (unpaired) electrons. The average Bonchev–Trinajstić information content (AvgIpc) is 3.37. The smallest absolute Gasteiger partial charge is 0.344 e. The second-order valence-electron chi connectivity index (χ2n) is 8.81. The number of nitrogens with zero attached hydrogens (tertiary/aromatic N) is 4. The monoisotopic (exact) mass is 522 g/mol. The van der Waals surface area contributed by atoms with Crippen molar-refractivity contribution in [1.82, 2.24) is 19.6 Å². The van der Waals surface area contributed by atoms with E-state index in [4.69, 9.17) is 30.5 Å². The standard InChI is InChI=1S/C29H19ClN4O4/c1-2-36-17-13-11-16(12-14-17)22-23-25(19-8-4-6-10-21(19)37-29(23)35)38-28-24(22)27-32-26(33-34(27)15-31-28)18-7-3-5-9-20(18)30/h3-15,22H,2H2,1H3. The SMILES string of the molecule is CCOc1ccc(C2c3c(c4ccccc4oc3=O)Oc3ncn4nc(-c5ccccc5Cl)nc4c32)cc1. The molecule has 0 N–H and O–H groups in total. The summed E-state index contributed by atoms with van der Waals surface area (Å²) in [6.07, 6.45) is 1.55. The number of rotatable bonds is 4. The minimum Gasteiger partial charge on any atom is -0.494 e. The van der Waals surface area contributed by atoms with Crippen LogP contribution in [-0.4, -0.2) is 26.2 Å². The van der Waals surface area contributed by atoms with Gasteiger partial charge in [-0.15, -0.1) is 5.10 Å². The Balaban J connectivity index is 1.52. The number of hydrogen-bond donors (Lipinski definition) is 0. The molecule has 0 saturated heterocycles. The molecule has 1 aliphatic heterocycles. The van der Waals surface area contributed by atoms with Gasteiger partial charge in [0.1, 0.15) is 17.7 Å². The van der Waals surface area contributed by atoms with E-state index in [1.807, 2.05) is 67.6 Å². The van der Waals surface area contributed by atoms with Crippen LogP contribution >= 0.6 is 11.6 Å². The van der Waals surface area contributed by atoms with Crippen molar-refractivity contribution in [3.05, 3.63) is 111 Å². The van der Waals surface area contributed by atoms with Crippen LogP contribution in [0.5, 0.6) is 17.4 Å². The maximum atomic E-state index is 13.5. The Labute approximate surface area is 221 Å². The lowest BCUT2D eigenvalue weighted by atomic mass is 9.84. The van der Waals surface area contributed by atoms with Crippen molar-refractivity contribution >= 4 is 28.2 Å². The zero-order valence-corrected chi connectivity index (χ0v) is 20.8. The van der Waals surface area contributed by atoms with Crippen molar-refractivity contribution in [3.63, 3.8) is 0 Å². The molecule has 1 atom stereocenters. The van der Waals surface area contributed by atoms with E-state index in [-0.39, 0.29) is 0 Å². The van der Waals surface area contributed by atoms with E-state index in [9.17, 15) is 4.79 Å². The van der Waals surface area contributed by atoms with Gasteiger partial charge in [0, 0.05) is 5.56 Å². The van der Waals surface area contributed by atoms with Gasteiger partial charge in [-0.25, -0.2) is 19.3 Å². The molecular formula is C29H19ClN4O4. The number of aromatic nitrogens is 4. The van der Waals surface area contributed by atoms with Gasteiger partial charge in [-0.1, -0.05) is 48.0 Å². The molecule has 0 saturated carbocycles. The fraction of sp³-hybridized carbons (Fsp3) is 0.103. The van der Waals surface area contributed by atoms with Crippen LogP contribution in [0.2, 0.25) is 5.02 Å². The Morgan fingerprint density at radius 2 is 1.79 bits per heavy atom. The van der Waals surface area contributed by atoms with Crippen molar-refractivity contribution in [3.8, 4) is 28.8 Å². The molecule has 186 valence electrons. The van der Waals surface area contributed by atoms with Crippen LogP contribution in [0.15, 0.2) is 88.3 Å². The average molecular weight is 523 g/mol. The Bertz CT molecular complexity index is 1910. The molecule has 3 aromatic carbocycles. The Morgan fingerprint density at radius 3 is 2.61 bits per heavy atom. The van der Waals surface area contributed by atoms with E-state index in [0.717, 1.165) is 11.3 Å². The molecule has 38 heavy (non-hydrogen) atoms. The van der Waals surface area contributed by atoms with E-state index in [2.05, 4.69) is 10.1 Å². The number of fused-ring (bicyclic) bond motifs is 6. The van der Waals surface area contributed by atoms with Crippen molar-refractivity contribution in [2.45, 2.75) is 12.8 Å². The predicted octanol–water partition coefficient (Wildman–Crippen LogP) is 6.24. The first-order valence-electron chi connectivity index (χ1n) is 12.1. The lowest BCUT2D eigenvalue weighted by molar-refractivity contribution is 0.340. The van der Waals surface area contributed by atoms with E-state index < -0.39 is 11.5 Å². The Kier molecular flexibility index (Phi) is 5.16. The van der Waals surface area contributed by atoms with Crippen LogP contribution in [0.1, 0.15) is 29.5 Å². The maximum absolute atomic E-state index is 13.5. The second kappa shape index (κ2) is 8.71. The van der Waals surface area contributed by atoms with E-state index >= 15 is 0 Å². The molecular weight excluding hydrogens is 504 g/mol. The summed E-state index contributed by atoms with van der Waals surface area (Å²) in [7, 11) is 0. The molecule has 0 aliphatic carbocycles. The first-order valence-corrected chi connectivity index (χ1v) is 12.5. The molecule has 7 rings (SSSR count). The van der Waals surface area contributed by atoms with Crippen LogP contribution < -0.4 is 15.1 Å². The summed E-state index contributed by atoms with van der Waals surface area (Å²) in [4.78, 5) is 22.9. The molecule has 1 unspecified atom stereocenters. The van der Waals surface area contributed by atoms with Gasteiger partial charge in [-0.3, -0.25) is 0 Å². The number of ether oxygens (including phenoxy) is 2. The molecule has 8 nitrogen and oxygen atoms in total. The highest BCUT2D eigenvalue weighted by atomic mass is 35.5. The van der Waals surface area contributed by atoms with Gasteiger partial charge in [-0.05, 0) is 48.9 Å². The fourth-order valence-corrected chi connectivity index (χ4v) is 5.16. The molecule has 0 spiro atoms. The molecule has 3 aromatic heterocycles. The summed E-state index contributed by atoms with van der Waals surface area (Å²) < 4.78 is 19.3. The maximum Gasteiger partial charge on any atom is 0.344 e. The molecule has 0 fully saturated rings. The third-order valence-electron chi connectivity index (χ3n) is 6.60. The first-order chi connectivity index (χ1) is 18.6. The van der Waals surface area contributed by atoms with Gasteiger partial charge < -0.3 is 13.9 Å². The van der Waals surface area contributed by atoms with Crippen LogP contribution in [-0.2, 0) is 0 Å². The first kappa shape index (κ1) is 22.5. The molecule has 6 aromatic rings. The topological polar surface area (TPSA) is 91.8 Å². The van der Waals surface area contributed by atoms with Gasteiger partial charge in [0.25, 0.3) is 0 Å². The van der Waals surface area contributed by atoms with Crippen molar-refractivity contribution in [2.24, 2.45) is 0 Å². The normalized spacial score (nSPS) is 14.2. The van der Waals surface area contributed by atoms with E-state index in [1.54, 1.807) is 23.0 Å². The minimum absolute atomic E-state index is 0.345. The highest BCUT2D eigenvalue weighted by Crippen LogP contribution is 2.49. The molecule has 9 heteroatoms. The van der Waals surface area contributed by atoms with Gasteiger partial charge in [0.05, 0.1) is 34.1 Å². The highest BCUT2D eigenvalue weighted by Gasteiger charge is 2.37. The predicted molar refractivity (Wildman–Crippen MR) is 142 cm³/mol. The zero-order valence-electron chi connectivity index (χ0n) is 20.1. The third-order valence-corrected chi connectivity index (χ3v) is 6.93. The molecule has 0 bridgehead atoms. The fourth-order valence-electron chi connectivity index (χ4n) is 4.94. The second-order valence-corrected chi connectivity index (χ2v) is 9.22. The zero-order chi connectivity index (χ0) is 25.8. The van der Waals surface area contributed by atoms with Crippen LogP contribution in [0.3, 0.4) is 0 Å². The number of hydrogen-bond acceptors (Lipinski definition) is 7. The summed E-state index contributed by atoms with van der Waals surface area (Å²) in [6.45, 7) is 2.48. The largest absolute Gasteiger partial charge is 0.494 e. The lowest BCUT2D eigenvalue weighted by Crippen LogP contribution is -2.22. The van der Waals surface area contributed by atoms with Crippen LogP contribution in [0, 0.1) is 0 Å². The van der Waals surface area contributed by atoms with E-state index in [0.29, 0.717) is 62.4 Å².